The Morgan fingerprint density at radius 1 is 1.15 bits per heavy atom. The van der Waals surface area contributed by atoms with Gasteiger partial charge in [0.1, 0.15) is 12.4 Å². The summed E-state index contributed by atoms with van der Waals surface area (Å²) in [7, 11) is 1.27. The highest BCUT2D eigenvalue weighted by Crippen LogP contribution is 2.23. The number of rotatable bonds is 10. The van der Waals surface area contributed by atoms with Crippen LogP contribution in [0.25, 0.3) is 0 Å². The molecule has 1 N–H and O–H groups in total. The van der Waals surface area contributed by atoms with Crippen LogP contribution >= 0.6 is 23.4 Å². The van der Waals surface area contributed by atoms with Gasteiger partial charge in [-0.05, 0) is 48.7 Å². The molecule has 34 heavy (non-hydrogen) atoms. The first-order valence-electron chi connectivity index (χ1n) is 10.8. The van der Waals surface area contributed by atoms with Gasteiger partial charge in [0.25, 0.3) is 0 Å². The van der Waals surface area contributed by atoms with Crippen molar-refractivity contribution in [1.82, 2.24) is 14.8 Å². The normalized spacial score (nSPS) is 10.9. The van der Waals surface area contributed by atoms with E-state index in [1.165, 1.54) is 36.6 Å². The summed E-state index contributed by atoms with van der Waals surface area (Å²) in [4.78, 5) is 24.2. The molecule has 3 aromatic rings. The first-order chi connectivity index (χ1) is 16.3. The van der Waals surface area contributed by atoms with E-state index in [1.54, 1.807) is 6.07 Å². The van der Waals surface area contributed by atoms with Crippen molar-refractivity contribution in [3.63, 3.8) is 0 Å². The molecule has 3 rings (SSSR count). The molecule has 1 aromatic heterocycles. The molecule has 0 atom stereocenters. The fourth-order valence-corrected chi connectivity index (χ4v) is 4.16. The number of aromatic nitrogens is 3. The van der Waals surface area contributed by atoms with E-state index in [2.05, 4.69) is 41.5 Å². The van der Waals surface area contributed by atoms with E-state index in [0.717, 1.165) is 5.75 Å². The Bertz CT molecular complexity index is 1150. The molecule has 0 fully saturated rings. The first-order valence-corrected chi connectivity index (χ1v) is 12.1. The molecule has 0 aliphatic rings. The third-order valence-corrected chi connectivity index (χ3v) is 6.31. The minimum absolute atomic E-state index is 0.117. The number of hydrogen-bond donors (Lipinski definition) is 1. The molecule has 8 nitrogen and oxygen atoms in total. The van der Waals surface area contributed by atoms with Gasteiger partial charge in [-0.3, -0.25) is 4.79 Å². The van der Waals surface area contributed by atoms with Gasteiger partial charge < -0.3 is 19.4 Å². The Morgan fingerprint density at radius 3 is 2.53 bits per heavy atom. The van der Waals surface area contributed by atoms with Crippen molar-refractivity contribution in [2.45, 2.75) is 45.0 Å². The maximum atomic E-state index is 12.5. The van der Waals surface area contributed by atoms with E-state index in [0.29, 0.717) is 29.1 Å². The van der Waals surface area contributed by atoms with E-state index in [4.69, 9.17) is 21.1 Å². The van der Waals surface area contributed by atoms with Gasteiger partial charge in [-0.25, -0.2) is 4.79 Å². The average molecular weight is 503 g/mol. The number of halogens is 1. The number of nitrogens with zero attached hydrogens (tertiary/aromatic N) is 3. The van der Waals surface area contributed by atoms with Crippen molar-refractivity contribution in [3.05, 3.63) is 64.4 Å². The summed E-state index contributed by atoms with van der Waals surface area (Å²) in [6.07, 6.45) is 0. The van der Waals surface area contributed by atoms with Gasteiger partial charge in [-0.15, -0.1) is 10.2 Å². The summed E-state index contributed by atoms with van der Waals surface area (Å²) in [5.41, 5.74) is 1.88. The lowest BCUT2D eigenvalue weighted by Gasteiger charge is -2.10. The quantitative estimate of drug-likeness (QED) is 0.302. The number of benzene rings is 2. The minimum atomic E-state index is -0.572. The molecule has 10 heteroatoms. The van der Waals surface area contributed by atoms with Crippen LogP contribution in [0, 0.1) is 0 Å². The molecule has 0 unspecified atom stereocenters. The molecule has 0 spiro atoms. The molecule has 0 bridgehead atoms. The number of methoxy groups -OCH3 is 1. The summed E-state index contributed by atoms with van der Waals surface area (Å²) in [5, 5.41) is 12.1. The molecular formula is C24H27ClN4O4S. The molecule has 0 aliphatic carbocycles. The Kier molecular flexibility index (Phi) is 8.95. The van der Waals surface area contributed by atoms with Crippen LogP contribution in [-0.2, 0) is 22.7 Å². The van der Waals surface area contributed by atoms with E-state index in [-0.39, 0.29) is 28.9 Å². The van der Waals surface area contributed by atoms with Gasteiger partial charge in [0, 0.05) is 12.2 Å². The molecule has 0 aliphatic heterocycles. The molecule has 1 heterocycles. The van der Waals surface area contributed by atoms with E-state index in [1.807, 2.05) is 23.6 Å². The number of esters is 1. The summed E-state index contributed by atoms with van der Waals surface area (Å²) in [6.45, 7) is 7.19. The predicted molar refractivity (Wildman–Crippen MR) is 133 cm³/mol. The van der Waals surface area contributed by atoms with E-state index in [9.17, 15) is 9.59 Å². The molecular weight excluding hydrogens is 476 g/mol. The molecule has 0 saturated heterocycles. The van der Waals surface area contributed by atoms with Crippen LogP contribution < -0.4 is 10.1 Å². The maximum Gasteiger partial charge on any atom is 0.339 e. The van der Waals surface area contributed by atoms with Crippen molar-refractivity contribution in [1.29, 1.82) is 0 Å². The average Bonchev–Trinajstić information content (AvgIpc) is 3.24. The Hall–Kier alpha value is -3.04. The van der Waals surface area contributed by atoms with Crippen molar-refractivity contribution in [2.75, 3.05) is 18.2 Å². The summed E-state index contributed by atoms with van der Waals surface area (Å²) >= 11 is 7.29. The summed E-state index contributed by atoms with van der Waals surface area (Å²) in [5.74, 6) is 1.19. The van der Waals surface area contributed by atoms with Crippen molar-refractivity contribution < 1.29 is 19.1 Å². The highest BCUT2D eigenvalue weighted by Gasteiger charge is 2.16. The van der Waals surface area contributed by atoms with E-state index >= 15 is 0 Å². The van der Waals surface area contributed by atoms with Gasteiger partial charge >= 0.3 is 5.97 Å². The molecule has 1 amide bonds. The zero-order valence-electron chi connectivity index (χ0n) is 19.5. The van der Waals surface area contributed by atoms with Crippen molar-refractivity contribution in [3.8, 4) is 5.75 Å². The van der Waals surface area contributed by atoms with E-state index < -0.39 is 5.97 Å². The molecule has 2 aromatic carbocycles. The highest BCUT2D eigenvalue weighted by molar-refractivity contribution is 7.99. The number of ether oxygens (including phenoxy) is 2. The second-order valence-corrected chi connectivity index (χ2v) is 9.03. The third-order valence-electron chi connectivity index (χ3n) is 5.01. The predicted octanol–water partition coefficient (Wildman–Crippen LogP) is 5.17. The number of hydrogen-bond acceptors (Lipinski definition) is 7. The Labute approximate surface area is 208 Å². The lowest BCUT2D eigenvalue weighted by molar-refractivity contribution is -0.113. The van der Waals surface area contributed by atoms with Gasteiger partial charge in [0.15, 0.2) is 11.0 Å². The summed E-state index contributed by atoms with van der Waals surface area (Å²) in [6, 6.07) is 12.6. The minimum Gasteiger partial charge on any atom is -0.486 e. The standard InChI is InChI=1S/C24H27ClN4O4S/c1-5-29-21(13-33-18-9-6-16(7-10-18)15(2)3)27-28-24(29)34-14-22(30)26-17-8-11-20(25)19(12-17)23(31)32-4/h6-12,15H,5,13-14H2,1-4H3,(H,26,30). The maximum absolute atomic E-state index is 12.5. The second-order valence-electron chi connectivity index (χ2n) is 7.68. The number of anilines is 1. The lowest BCUT2D eigenvalue weighted by atomic mass is 10.0. The van der Waals surface area contributed by atoms with Crippen LogP contribution in [0.5, 0.6) is 5.75 Å². The summed E-state index contributed by atoms with van der Waals surface area (Å²) < 4.78 is 12.5. The Morgan fingerprint density at radius 2 is 1.88 bits per heavy atom. The molecule has 180 valence electrons. The van der Waals surface area contributed by atoms with Crippen LogP contribution in [-0.4, -0.2) is 39.5 Å². The SMILES string of the molecule is CCn1c(COc2ccc(C(C)C)cc2)nnc1SCC(=O)Nc1ccc(Cl)c(C(=O)OC)c1. The first kappa shape index (κ1) is 25.6. The number of amides is 1. The van der Waals surface area contributed by atoms with Crippen LogP contribution in [0.2, 0.25) is 5.02 Å². The van der Waals surface area contributed by atoms with Gasteiger partial charge in [0.2, 0.25) is 5.91 Å². The highest BCUT2D eigenvalue weighted by atomic mass is 35.5. The topological polar surface area (TPSA) is 95.3 Å². The smallest absolute Gasteiger partial charge is 0.339 e. The number of carbonyl (C=O) groups excluding carboxylic acids is 2. The van der Waals surface area contributed by atoms with Crippen molar-refractivity contribution >= 4 is 40.9 Å². The van der Waals surface area contributed by atoms with Crippen LogP contribution in [0.4, 0.5) is 5.69 Å². The van der Waals surface area contributed by atoms with Gasteiger partial charge in [0.05, 0.1) is 23.4 Å². The lowest BCUT2D eigenvalue weighted by Crippen LogP contribution is -2.15. The number of carbonyl (C=O) groups is 2. The van der Waals surface area contributed by atoms with Crippen LogP contribution in [0.15, 0.2) is 47.6 Å². The number of thioether (sulfide) groups is 1. The van der Waals surface area contributed by atoms with Crippen molar-refractivity contribution in [2.24, 2.45) is 0 Å². The zero-order valence-corrected chi connectivity index (χ0v) is 21.1. The monoisotopic (exact) mass is 502 g/mol. The third kappa shape index (κ3) is 6.51. The van der Waals surface area contributed by atoms with Gasteiger partial charge in [-0.1, -0.05) is 49.3 Å². The van der Waals surface area contributed by atoms with Crippen LogP contribution in [0.1, 0.15) is 48.4 Å². The molecule has 0 saturated carbocycles. The van der Waals surface area contributed by atoms with Gasteiger partial charge in [-0.2, -0.15) is 0 Å². The number of nitrogens with one attached hydrogen (secondary N) is 1. The zero-order chi connectivity index (χ0) is 24.7. The largest absolute Gasteiger partial charge is 0.486 e. The fourth-order valence-electron chi connectivity index (χ4n) is 3.14. The second kappa shape index (κ2) is 11.9. The Balaban J connectivity index is 1.58. The fraction of sp³-hybridized carbons (Fsp3) is 0.333. The molecule has 0 radical (unpaired) electrons. The van der Waals surface area contributed by atoms with Crippen LogP contribution in [0.3, 0.4) is 0 Å².